The molecule has 6 nitrogen and oxygen atoms in total. The zero-order chi connectivity index (χ0) is 20.3. The first-order valence-corrected chi connectivity index (χ1v) is 11.9. The van der Waals surface area contributed by atoms with E-state index in [2.05, 4.69) is 14.6 Å². The first-order valence-electron chi connectivity index (χ1n) is 9.51. The summed E-state index contributed by atoms with van der Waals surface area (Å²) in [5.74, 6) is 1.33. The summed E-state index contributed by atoms with van der Waals surface area (Å²) < 4.78 is 34.1. The van der Waals surface area contributed by atoms with E-state index in [1.165, 1.54) is 0 Å². The number of thiazole rings is 1. The SMILES string of the molecule is Cc1cccc(Oc2ccc(S(=O)(=O)NC3CCN(c4nccs4)CC3)cc2)c1. The zero-order valence-corrected chi connectivity index (χ0v) is 17.7. The molecule has 1 aromatic heterocycles. The van der Waals surface area contributed by atoms with E-state index in [-0.39, 0.29) is 10.9 Å². The molecule has 1 aliphatic heterocycles. The van der Waals surface area contributed by atoms with E-state index in [9.17, 15) is 8.42 Å². The second-order valence-corrected chi connectivity index (χ2v) is 9.67. The molecular weight excluding hydrogens is 406 g/mol. The van der Waals surface area contributed by atoms with E-state index < -0.39 is 10.0 Å². The van der Waals surface area contributed by atoms with Crippen molar-refractivity contribution in [3.63, 3.8) is 0 Å². The normalized spacial score (nSPS) is 15.4. The Labute approximate surface area is 175 Å². The molecule has 1 saturated heterocycles. The third-order valence-electron chi connectivity index (χ3n) is 4.87. The molecule has 1 aliphatic rings. The lowest BCUT2D eigenvalue weighted by Crippen LogP contribution is -2.44. The molecule has 0 amide bonds. The van der Waals surface area contributed by atoms with Gasteiger partial charge in [-0.15, -0.1) is 11.3 Å². The maximum absolute atomic E-state index is 12.7. The fourth-order valence-corrected chi connectivity index (χ4v) is 5.35. The average Bonchev–Trinajstić information content (AvgIpc) is 3.24. The van der Waals surface area contributed by atoms with Crippen LogP contribution in [0.4, 0.5) is 5.13 Å². The van der Waals surface area contributed by atoms with E-state index in [1.54, 1.807) is 41.8 Å². The number of piperidine rings is 1. The van der Waals surface area contributed by atoms with Gasteiger partial charge in [-0.05, 0) is 61.7 Å². The molecule has 29 heavy (non-hydrogen) atoms. The monoisotopic (exact) mass is 429 g/mol. The fourth-order valence-electron chi connectivity index (χ4n) is 3.35. The molecule has 1 N–H and O–H groups in total. The summed E-state index contributed by atoms with van der Waals surface area (Å²) in [7, 11) is -3.56. The molecule has 0 bridgehead atoms. The smallest absolute Gasteiger partial charge is 0.240 e. The van der Waals surface area contributed by atoms with Crippen LogP contribution < -0.4 is 14.4 Å². The second kappa shape index (κ2) is 8.52. The maximum Gasteiger partial charge on any atom is 0.240 e. The lowest BCUT2D eigenvalue weighted by Gasteiger charge is -2.31. The molecule has 0 aliphatic carbocycles. The van der Waals surface area contributed by atoms with Crippen molar-refractivity contribution in [2.75, 3.05) is 18.0 Å². The Morgan fingerprint density at radius 2 is 1.86 bits per heavy atom. The van der Waals surface area contributed by atoms with E-state index in [0.717, 1.165) is 42.4 Å². The van der Waals surface area contributed by atoms with Crippen molar-refractivity contribution >= 4 is 26.5 Å². The van der Waals surface area contributed by atoms with Crippen LogP contribution >= 0.6 is 11.3 Å². The molecule has 0 atom stereocenters. The molecule has 0 radical (unpaired) electrons. The minimum atomic E-state index is -3.56. The first-order chi connectivity index (χ1) is 14.0. The molecule has 8 heteroatoms. The Bertz CT molecular complexity index is 1040. The number of aromatic nitrogens is 1. The largest absolute Gasteiger partial charge is 0.457 e. The third kappa shape index (κ3) is 4.95. The van der Waals surface area contributed by atoms with Gasteiger partial charge in [0.2, 0.25) is 10.0 Å². The van der Waals surface area contributed by atoms with Gasteiger partial charge in [0.25, 0.3) is 0 Å². The van der Waals surface area contributed by atoms with Crippen molar-refractivity contribution in [2.24, 2.45) is 0 Å². The molecule has 0 unspecified atom stereocenters. The Balaban J connectivity index is 1.36. The van der Waals surface area contributed by atoms with Gasteiger partial charge < -0.3 is 9.64 Å². The van der Waals surface area contributed by atoms with Crippen molar-refractivity contribution in [1.29, 1.82) is 0 Å². The van der Waals surface area contributed by atoms with E-state index in [4.69, 9.17) is 4.74 Å². The third-order valence-corrected chi connectivity index (χ3v) is 7.23. The summed E-state index contributed by atoms with van der Waals surface area (Å²) in [6.07, 6.45) is 3.31. The van der Waals surface area contributed by atoms with Gasteiger partial charge >= 0.3 is 0 Å². The highest BCUT2D eigenvalue weighted by Gasteiger charge is 2.25. The standard InChI is InChI=1S/C21H23N3O3S2/c1-16-3-2-4-19(15-16)27-18-5-7-20(8-6-18)29(25,26)23-17-9-12-24(13-10-17)21-22-11-14-28-21/h2-8,11,14-15,17,23H,9-10,12-13H2,1H3. The molecule has 1 fully saturated rings. The Morgan fingerprint density at radius 1 is 1.10 bits per heavy atom. The summed E-state index contributed by atoms with van der Waals surface area (Å²) in [5, 5.41) is 2.95. The Hall–Kier alpha value is -2.42. The van der Waals surface area contributed by atoms with E-state index in [0.29, 0.717) is 5.75 Å². The number of nitrogens with one attached hydrogen (secondary N) is 1. The van der Waals surface area contributed by atoms with Gasteiger partial charge in [-0.1, -0.05) is 12.1 Å². The van der Waals surface area contributed by atoms with Crippen molar-refractivity contribution in [3.05, 3.63) is 65.7 Å². The van der Waals surface area contributed by atoms with Crippen LogP contribution in [0.15, 0.2) is 65.0 Å². The Kier molecular flexibility index (Phi) is 5.84. The lowest BCUT2D eigenvalue weighted by atomic mass is 10.1. The number of benzene rings is 2. The number of hydrogen-bond donors (Lipinski definition) is 1. The van der Waals surface area contributed by atoms with Crippen LogP contribution in [0.3, 0.4) is 0 Å². The summed E-state index contributed by atoms with van der Waals surface area (Å²) in [6.45, 7) is 3.59. The Morgan fingerprint density at radius 3 is 2.52 bits per heavy atom. The predicted octanol–water partition coefficient (Wildman–Crippen LogP) is 4.19. The van der Waals surface area contributed by atoms with Crippen LogP contribution in [0, 0.1) is 6.92 Å². The van der Waals surface area contributed by atoms with Crippen LogP contribution in [-0.2, 0) is 10.0 Å². The number of rotatable bonds is 6. The zero-order valence-electron chi connectivity index (χ0n) is 16.1. The molecule has 0 spiro atoms. The van der Waals surface area contributed by atoms with E-state index >= 15 is 0 Å². The van der Waals surface area contributed by atoms with Gasteiger partial charge in [0.05, 0.1) is 4.90 Å². The van der Waals surface area contributed by atoms with Gasteiger partial charge in [-0.3, -0.25) is 0 Å². The predicted molar refractivity (Wildman–Crippen MR) is 115 cm³/mol. The summed E-state index contributed by atoms with van der Waals surface area (Å²) in [4.78, 5) is 6.77. The summed E-state index contributed by atoms with van der Waals surface area (Å²) in [5.41, 5.74) is 1.10. The summed E-state index contributed by atoms with van der Waals surface area (Å²) in [6, 6.07) is 14.2. The number of aryl methyl sites for hydroxylation is 1. The maximum atomic E-state index is 12.7. The van der Waals surface area contributed by atoms with Crippen molar-refractivity contribution in [2.45, 2.75) is 30.7 Å². The van der Waals surface area contributed by atoms with Crippen LogP contribution in [0.5, 0.6) is 11.5 Å². The lowest BCUT2D eigenvalue weighted by molar-refractivity contribution is 0.459. The van der Waals surface area contributed by atoms with Crippen molar-refractivity contribution in [3.8, 4) is 11.5 Å². The minimum Gasteiger partial charge on any atom is -0.457 e. The number of hydrogen-bond acceptors (Lipinski definition) is 6. The number of sulfonamides is 1. The van der Waals surface area contributed by atoms with Crippen LogP contribution in [0.25, 0.3) is 0 Å². The molecule has 152 valence electrons. The van der Waals surface area contributed by atoms with Crippen LogP contribution in [0.2, 0.25) is 0 Å². The van der Waals surface area contributed by atoms with Gasteiger partial charge in [-0.25, -0.2) is 18.1 Å². The molecule has 4 rings (SSSR count). The van der Waals surface area contributed by atoms with Crippen molar-refractivity contribution < 1.29 is 13.2 Å². The van der Waals surface area contributed by atoms with Crippen LogP contribution in [-0.4, -0.2) is 32.5 Å². The highest BCUT2D eigenvalue weighted by atomic mass is 32.2. The van der Waals surface area contributed by atoms with Gasteiger partial charge in [0, 0.05) is 30.7 Å². The average molecular weight is 430 g/mol. The second-order valence-electron chi connectivity index (χ2n) is 7.09. The van der Waals surface area contributed by atoms with Gasteiger partial charge in [0.15, 0.2) is 5.13 Å². The summed E-state index contributed by atoms with van der Waals surface area (Å²) >= 11 is 1.61. The van der Waals surface area contributed by atoms with Crippen LogP contribution in [0.1, 0.15) is 18.4 Å². The van der Waals surface area contributed by atoms with Gasteiger partial charge in [0.1, 0.15) is 11.5 Å². The molecule has 3 aromatic rings. The molecule has 2 aromatic carbocycles. The minimum absolute atomic E-state index is 0.0700. The van der Waals surface area contributed by atoms with E-state index in [1.807, 2.05) is 36.6 Å². The number of ether oxygens (including phenoxy) is 1. The number of nitrogens with zero attached hydrogens (tertiary/aromatic N) is 2. The molecule has 0 saturated carbocycles. The highest BCUT2D eigenvalue weighted by molar-refractivity contribution is 7.89. The highest BCUT2D eigenvalue weighted by Crippen LogP contribution is 2.25. The topological polar surface area (TPSA) is 71.5 Å². The quantitative estimate of drug-likeness (QED) is 0.636. The van der Waals surface area contributed by atoms with Gasteiger partial charge in [-0.2, -0.15) is 0 Å². The molecule has 2 heterocycles. The fraction of sp³-hybridized carbons (Fsp3) is 0.286. The first kappa shape index (κ1) is 19.9. The number of anilines is 1. The van der Waals surface area contributed by atoms with Crippen molar-refractivity contribution in [1.82, 2.24) is 9.71 Å². The molecular formula is C21H23N3O3S2.